The van der Waals surface area contributed by atoms with E-state index < -0.39 is 0 Å². The fourth-order valence-corrected chi connectivity index (χ4v) is 2.61. The highest BCUT2D eigenvalue weighted by Crippen LogP contribution is 2.18. The summed E-state index contributed by atoms with van der Waals surface area (Å²) in [5.41, 5.74) is 2.63. The van der Waals surface area contributed by atoms with E-state index in [9.17, 15) is 9.59 Å². The fourth-order valence-electron chi connectivity index (χ4n) is 2.61. The second-order valence-corrected chi connectivity index (χ2v) is 5.47. The van der Waals surface area contributed by atoms with E-state index in [1.807, 2.05) is 61.5 Å². The highest BCUT2D eigenvalue weighted by atomic mass is 16.2. The molecule has 4 heteroatoms. The number of aryl methyl sites for hydroxylation is 1. The van der Waals surface area contributed by atoms with Gasteiger partial charge in [-0.15, -0.1) is 0 Å². The van der Waals surface area contributed by atoms with Crippen LogP contribution in [0, 0.1) is 6.92 Å². The van der Waals surface area contributed by atoms with Crippen molar-refractivity contribution in [1.82, 2.24) is 4.90 Å². The van der Waals surface area contributed by atoms with Crippen molar-refractivity contribution >= 4 is 17.5 Å². The van der Waals surface area contributed by atoms with Crippen molar-refractivity contribution in [3.8, 4) is 0 Å². The number of hydrogen-bond donors (Lipinski definition) is 0. The molecule has 112 valence electrons. The number of rotatable bonds is 2. The lowest BCUT2D eigenvalue weighted by Gasteiger charge is -2.34. The van der Waals surface area contributed by atoms with Gasteiger partial charge in [-0.05, 0) is 31.2 Å². The van der Waals surface area contributed by atoms with Crippen molar-refractivity contribution in [3.63, 3.8) is 0 Å². The van der Waals surface area contributed by atoms with Crippen molar-refractivity contribution in [2.24, 2.45) is 0 Å². The zero-order valence-corrected chi connectivity index (χ0v) is 12.5. The Balaban J connectivity index is 1.71. The van der Waals surface area contributed by atoms with Gasteiger partial charge in [-0.1, -0.05) is 35.9 Å². The van der Waals surface area contributed by atoms with E-state index in [1.165, 1.54) is 0 Å². The Hall–Kier alpha value is -2.62. The Morgan fingerprint density at radius 1 is 0.955 bits per heavy atom. The van der Waals surface area contributed by atoms with Crippen molar-refractivity contribution in [2.75, 3.05) is 24.5 Å². The molecule has 0 aromatic heterocycles. The van der Waals surface area contributed by atoms with E-state index in [2.05, 4.69) is 0 Å². The minimum atomic E-state index is -0.0824. The first-order chi connectivity index (χ1) is 10.6. The van der Waals surface area contributed by atoms with Crippen LogP contribution in [0.25, 0.3) is 0 Å². The Labute approximate surface area is 130 Å². The average molecular weight is 294 g/mol. The first-order valence-corrected chi connectivity index (χ1v) is 7.36. The van der Waals surface area contributed by atoms with Crippen molar-refractivity contribution in [3.05, 3.63) is 65.7 Å². The molecule has 1 fully saturated rings. The van der Waals surface area contributed by atoms with Crippen LogP contribution in [0.3, 0.4) is 0 Å². The van der Waals surface area contributed by atoms with Gasteiger partial charge in [-0.25, -0.2) is 0 Å². The van der Waals surface area contributed by atoms with Crippen LogP contribution in [0.1, 0.15) is 15.9 Å². The molecule has 0 saturated carbocycles. The fraction of sp³-hybridized carbons (Fsp3) is 0.222. The maximum atomic E-state index is 12.5. The summed E-state index contributed by atoms with van der Waals surface area (Å²) >= 11 is 0. The Morgan fingerprint density at radius 2 is 1.64 bits per heavy atom. The third kappa shape index (κ3) is 2.86. The topological polar surface area (TPSA) is 40.6 Å². The van der Waals surface area contributed by atoms with Gasteiger partial charge >= 0.3 is 0 Å². The standard InChI is InChI=1S/C18H18N2O2/c1-14-7-9-15(10-8-14)18(22)19-11-12-20(17(21)13-19)16-5-3-2-4-6-16/h2-10H,11-13H2,1H3. The second kappa shape index (κ2) is 6.02. The van der Waals surface area contributed by atoms with Crippen LogP contribution < -0.4 is 4.90 Å². The van der Waals surface area contributed by atoms with E-state index >= 15 is 0 Å². The predicted molar refractivity (Wildman–Crippen MR) is 85.9 cm³/mol. The highest BCUT2D eigenvalue weighted by Gasteiger charge is 2.28. The maximum absolute atomic E-state index is 12.5. The summed E-state index contributed by atoms with van der Waals surface area (Å²) in [5, 5.41) is 0. The zero-order valence-electron chi connectivity index (χ0n) is 12.5. The van der Waals surface area contributed by atoms with Crippen LogP contribution in [0.5, 0.6) is 0 Å². The van der Waals surface area contributed by atoms with Gasteiger partial charge in [-0.3, -0.25) is 9.59 Å². The molecule has 1 aliphatic heterocycles. The predicted octanol–water partition coefficient (Wildman–Crippen LogP) is 2.48. The molecule has 2 aromatic rings. The largest absolute Gasteiger partial charge is 0.328 e. The minimum absolute atomic E-state index is 0.0436. The molecule has 22 heavy (non-hydrogen) atoms. The molecule has 0 unspecified atom stereocenters. The first kappa shape index (κ1) is 14.3. The normalized spacial score (nSPS) is 15.0. The third-order valence-electron chi connectivity index (χ3n) is 3.87. The van der Waals surface area contributed by atoms with Gasteiger partial charge in [0.05, 0.1) is 0 Å². The van der Waals surface area contributed by atoms with Crippen LogP contribution in [-0.2, 0) is 4.79 Å². The molecule has 4 nitrogen and oxygen atoms in total. The molecule has 2 aromatic carbocycles. The SMILES string of the molecule is Cc1ccc(C(=O)N2CCN(c3ccccc3)C(=O)C2)cc1. The van der Waals surface area contributed by atoms with Crippen LogP contribution in [0.4, 0.5) is 5.69 Å². The zero-order chi connectivity index (χ0) is 15.5. The third-order valence-corrected chi connectivity index (χ3v) is 3.87. The van der Waals surface area contributed by atoms with E-state index in [4.69, 9.17) is 0 Å². The van der Waals surface area contributed by atoms with E-state index in [0.29, 0.717) is 18.7 Å². The summed E-state index contributed by atoms with van der Waals surface area (Å²) in [6.07, 6.45) is 0. The molecule has 0 spiro atoms. The molecule has 1 saturated heterocycles. The summed E-state index contributed by atoms with van der Waals surface area (Å²) in [6.45, 7) is 3.19. The molecular weight excluding hydrogens is 276 g/mol. The van der Waals surface area contributed by atoms with Crippen molar-refractivity contribution in [2.45, 2.75) is 6.92 Å². The summed E-state index contributed by atoms with van der Waals surface area (Å²) < 4.78 is 0. The number of anilines is 1. The smallest absolute Gasteiger partial charge is 0.254 e. The van der Waals surface area contributed by atoms with Gasteiger partial charge in [0, 0.05) is 24.3 Å². The minimum Gasteiger partial charge on any atom is -0.328 e. The molecule has 3 rings (SSSR count). The Morgan fingerprint density at radius 3 is 2.27 bits per heavy atom. The van der Waals surface area contributed by atoms with Gasteiger partial charge in [-0.2, -0.15) is 0 Å². The van der Waals surface area contributed by atoms with E-state index in [-0.39, 0.29) is 18.4 Å². The number of amides is 2. The second-order valence-electron chi connectivity index (χ2n) is 5.47. The van der Waals surface area contributed by atoms with Gasteiger partial charge < -0.3 is 9.80 Å². The summed E-state index contributed by atoms with van der Waals surface area (Å²) in [7, 11) is 0. The Bertz CT molecular complexity index is 680. The summed E-state index contributed by atoms with van der Waals surface area (Å²) in [6, 6.07) is 17.0. The lowest BCUT2D eigenvalue weighted by Crippen LogP contribution is -2.52. The number of benzene rings is 2. The molecule has 0 atom stereocenters. The van der Waals surface area contributed by atoms with Gasteiger partial charge in [0.2, 0.25) is 5.91 Å². The molecule has 1 aliphatic rings. The van der Waals surface area contributed by atoms with Gasteiger partial charge in [0.1, 0.15) is 6.54 Å². The van der Waals surface area contributed by atoms with Crippen molar-refractivity contribution < 1.29 is 9.59 Å². The van der Waals surface area contributed by atoms with Gasteiger partial charge in [0.25, 0.3) is 5.91 Å². The summed E-state index contributed by atoms with van der Waals surface area (Å²) in [4.78, 5) is 28.1. The molecule has 1 heterocycles. The molecule has 0 radical (unpaired) electrons. The van der Waals surface area contributed by atoms with E-state index in [1.54, 1.807) is 9.80 Å². The van der Waals surface area contributed by atoms with Crippen LogP contribution in [0.2, 0.25) is 0 Å². The monoisotopic (exact) mass is 294 g/mol. The number of nitrogens with zero attached hydrogens (tertiary/aromatic N) is 2. The van der Waals surface area contributed by atoms with Crippen LogP contribution >= 0.6 is 0 Å². The number of carbonyl (C=O) groups is 2. The quantitative estimate of drug-likeness (QED) is 0.854. The summed E-state index contributed by atoms with van der Waals surface area (Å²) in [5.74, 6) is -0.126. The maximum Gasteiger partial charge on any atom is 0.254 e. The Kier molecular flexibility index (Phi) is 3.92. The van der Waals surface area contributed by atoms with Crippen LogP contribution in [0.15, 0.2) is 54.6 Å². The molecule has 0 bridgehead atoms. The van der Waals surface area contributed by atoms with E-state index in [0.717, 1.165) is 11.3 Å². The molecule has 0 aliphatic carbocycles. The van der Waals surface area contributed by atoms with Gasteiger partial charge in [0.15, 0.2) is 0 Å². The lowest BCUT2D eigenvalue weighted by molar-refractivity contribution is -0.120. The molecule has 2 amide bonds. The number of carbonyl (C=O) groups excluding carboxylic acids is 2. The number of para-hydroxylation sites is 1. The van der Waals surface area contributed by atoms with Crippen molar-refractivity contribution in [1.29, 1.82) is 0 Å². The molecular formula is C18H18N2O2. The van der Waals surface area contributed by atoms with Crippen LogP contribution in [-0.4, -0.2) is 36.3 Å². The first-order valence-electron chi connectivity index (χ1n) is 7.36. The molecule has 0 N–H and O–H groups in total. The lowest BCUT2D eigenvalue weighted by atomic mass is 10.1. The number of piperazine rings is 1. The number of hydrogen-bond acceptors (Lipinski definition) is 2. The average Bonchev–Trinajstić information content (AvgIpc) is 2.55. The highest BCUT2D eigenvalue weighted by molar-refractivity contribution is 6.01.